The van der Waals surface area contributed by atoms with Crippen molar-refractivity contribution in [2.75, 3.05) is 13.2 Å². The molecule has 0 aromatic rings. The van der Waals surface area contributed by atoms with Crippen molar-refractivity contribution in [3.63, 3.8) is 0 Å². The number of unbranched alkanes of at least 4 members (excludes halogenated alkanes) is 32. The maximum Gasteiger partial charge on any atom is 0.306 e. The lowest BCUT2D eigenvalue weighted by Gasteiger charge is -2.18. The Balaban J connectivity index is 4.41. The monoisotopic (exact) mass is 1110 g/mol. The molecule has 6 nitrogen and oxygen atoms in total. The fourth-order valence-corrected chi connectivity index (χ4v) is 9.41. The highest BCUT2D eigenvalue weighted by Gasteiger charge is 2.19. The van der Waals surface area contributed by atoms with Crippen molar-refractivity contribution in [3.8, 4) is 0 Å². The fraction of sp³-hybridized carbons (Fsp3) is 0.716. The summed E-state index contributed by atoms with van der Waals surface area (Å²) in [7, 11) is 0. The molecule has 0 aromatic heterocycles. The van der Waals surface area contributed by atoms with Crippen LogP contribution in [-0.2, 0) is 28.6 Å². The van der Waals surface area contributed by atoms with Crippen molar-refractivity contribution in [3.05, 3.63) is 109 Å². The third-order valence-corrected chi connectivity index (χ3v) is 14.5. The van der Waals surface area contributed by atoms with Gasteiger partial charge in [-0.05, 0) is 128 Å². The summed E-state index contributed by atoms with van der Waals surface area (Å²) in [6, 6.07) is 0. The highest BCUT2D eigenvalue weighted by molar-refractivity contribution is 5.71. The van der Waals surface area contributed by atoms with Gasteiger partial charge in [0, 0.05) is 19.3 Å². The second-order valence-electron chi connectivity index (χ2n) is 22.3. The Morgan fingerprint density at radius 2 is 0.487 bits per heavy atom. The highest BCUT2D eigenvalue weighted by Crippen LogP contribution is 2.16. The van der Waals surface area contributed by atoms with Crippen LogP contribution in [0.2, 0.25) is 0 Å². The number of rotatable bonds is 61. The smallest absolute Gasteiger partial charge is 0.306 e. The van der Waals surface area contributed by atoms with Gasteiger partial charge in [-0.15, -0.1) is 0 Å². The van der Waals surface area contributed by atoms with E-state index in [4.69, 9.17) is 14.2 Å². The predicted octanol–water partition coefficient (Wildman–Crippen LogP) is 23.4. The molecule has 0 aliphatic rings. The Bertz CT molecular complexity index is 1610. The Morgan fingerprint density at radius 3 is 0.775 bits per heavy atom. The van der Waals surface area contributed by atoms with Gasteiger partial charge >= 0.3 is 17.9 Å². The second kappa shape index (κ2) is 67.6. The van der Waals surface area contributed by atoms with Crippen LogP contribution in [0.25, 0.3) is 0 Å². The van der Waals surface area contributed by atoms with Crippen LogP contribution in [0.3, 0.4) is 0 Å². The van der Waals surface area contributed by atoms with Gasteiger partial charge < -0.3 is 14.2 Å². The third kappa shape index (κ3) is 64.9. The number of hydrogen-bond donors (Lipinski definition) is 0. The van der Waals surface area contributed by atoms with Crippen LogP contribution in [0.1, 0.15) is 323 Å². The van der Waals surface area contributed by atoms with Crippen molar-refractivity contribution in [1.82, 2.24) is 0 Å². The first-order valence-electron chi connectivity index (χ1n) is 33.9. The largest absolute Gasteiger partial charge is 0.462 e. The van der Waals surface area contributed by atoms with Gasteiger partial charge in [0.25, 0.3) is 0 Å². The molecule has 0 amide bonds. The number of carbonyl (C=O) groups excluding carboxylic acids is 3. The van der Waals surface area contributed by atoms with Crippen LogP contribution in [0, 0.1) is 0 Å². The lowest BCUT2D eigenvalue weighted by atomic mass is 10.0. The van der Waals surface area contributed by atoms with E-state index in [1.54, 1.807) is 0 Å². The molecule has 0 spiro atoms. The quantitative estimate of drug-likeness (QED) is 0.0261. The standard InChI is InChI=1S/C74H126O6/c1-4-7-10-13-16-19-22-25-28-31-33-35-37-39-41-43-46-49-52-55-58-61-64-67-73(76)79-70-71(69-78-72(75)66-63-60-57-54-51-48-45-30-27-24-21-18-15-12-9-6-3)80-74(77)68-65-62-59-56-53-50-47-44-42-40-38-36-34-32-29-26-23-20-17-14-11-8-5-2/h7,10,16,19,21,23-26,28,30,32-35,39,41,45,71H,4-6,8-9,11-15,17-18,20,22,27,29,31,36-38,40,42-44,46-70H2,1-3H3/b10-7-,19-16-,24-21-,26-23-,28-25-,34-32-,35-33-,41-39-,45-30-. The van der Waals surface area contributed by atoms with E-state index in [1.165, 1.54) is 154 Å². The second-order valence-corrected chi connectivity index (χ2v) is 22.3. The van der Waals surface area contributed by atoms with E-state index in [0.717, 1.165) is 128 Å². The first kappa shape index (κ1) is 76.1. The summed E-state index contributed by atoms with van der Waals surface area (Å²) in [5.41, 5.74) is 0. The zero-order valence-corrected chi connectivity index (χ0v) is 52.6. The molecule has 0 rings (SSSR count). The SMILES string of the molecule is CC/C=C\C/C=C\C/C=C\C/C=C\C/C=C\CCCCCCCCCC(=O)OCC(COC(=O)CCCCCCC/C=C\C/C=C\CCCCCC)OC(=O)CCCCCCCCCCCCC/C=C\C/C=C\CCCCCCC. The van der Waals surface area contributed by atoms with E-state index >= 15 is 0 Å². The van der Waals surface area contributed by atoms with E-state index < -0.39 is 6.10 Å². The molecule has 1 atom stereocenters. The molecule has 0 N–H and O–H groups in total. The zero-order chi connectivity index (χ0) is 57.8. The third-order valence-electron chi connectivity index (χ3n) is 14.5. The lowest BCUT2D eigenvalue weighted by Crippen LogP contribution is -2.30. The predicted molar refractivity (Wildman–Crippen MR) is 348 cm³/mol. The molecule has 0 saturated heterocycles. The molecule has 0 heterocycles. The minimum Gasteiger partial charge on any atom is -0.462 e. The summed E-state index contributed by atoms with van der Waals surface area (Å²) in [6.07, 6.45) is 92.3. The first-order valence-corrected chi connectivity index (χ1v) is 33.9. The topological polar surface area (TPSA) is 78.9 Å². The number of hydrogen-bond acceptors (Lipinski definition) is 6. The van der Waals surface area contributed by atoms with Crippen LogP contribution in [0.4, 0.5) is 0 Å². The zero-order valence-electron chi connectivity index (χ0n) is 52.6. The molecule has 0 aliphatic carbocycles. The van der Waals surface area contributed by atoms with Crippen molar-refractivity contribution in [2.24, 2.45) is 0 Å². The molecule has 0 bridgehead atoms. The van der Waals surface area contributed by atoms with E-state index in [0.29, 0.717) is 19.3 Å². The number of esters is 3. The molecule has 0 fully saturated rings. The summed E-state index contributed by atoms with van der Waals surface area (Å²) in [4.78, 5) is 38.4. The molecular weight excluding hydrogens is 985 g/mol. The van der Waals surface area contributed by atoms with Gasteiger partial charge in [0.1, 0.15) is 13.2 Å². The Morgan fingerprint density at radius 1 is 0.263 bits per heavy atom. The van der Waals surface area contributed by atoms with Crippen molar-refractivity contribution in [1.29, 1.82) is 0 Å². The van der Waals surface area contributed by atoms with Crippen LogP contribution in [0.5, 0.6) is 0 Å². The van der Waals surface area contributed by atoms with Gasteiger partial charge in [0.15, 0.2) is 6.10 Å². The average Bonchev–Trinajstić information content (AvgIpc) is 3.46. The molecule has 0 radical (unpaired) electrons. The molecule has 0 aliphatic heterocycles. The van der Waals surface area contributed by atoms with Crippen LogP contribution < -0.4 is 0 Å². The van der Waals surface area contributed by atoms with Crippen LogP contribution in [0.15, 0.2) is 109 Å². The number of ether oxygens (including phenoxy) is 3. The average molecular weight is 1110 g/mol. The molecular formula is C74H126O6. The Kier molecular flexibility index (Phi) is 64.3. The van der Waals surface area contributed by atoms with Gasteiger partial charge in [0.05, 0.1) is 0 Å². The maximum atomic E-state index is 13.0. The lowest BCUT2D eigenvalue weighted by molar-refractivity contribution is -0.167. The molecule has 458 valence electrons. The normalized spacial score (nSPS) is 12.8. The van der Waals surface area contributed by atoms with E-state index in [1.807, 2.05) is 0 Å². The van der Waals surface area contributed by atoms with Gasteiger partial charge in [0.2, 0.25) is 0 Å². The minimum atomic E-state index is -0.794. The number of allylic oxidation sites excluding steroid dienone is 18. The molecule has 6 heteroatoms. The molecule has 80 heavy (non-hydrogen) atoms. The summed E-state index contributed by atoms with van der Waals surface area (Å²) in [6.45, 7) is 6.51. The minimum absolute atomic E-state index is 0.0895. The van der Waals surface area contributed by atoms with Gasteiger partial charge in [-0.3, -0.25) is 14.4 Å². The Labute approximate surface area is 495 Å². The molecule has 0 saturated carbocycles. The van der Waals surface area contributed by atoms with E-state index in [9.17, 15) is 14.4 Å². The first-order chi connectivity index (χ1) is 39.5. The maximum absolute atomic E-state index is 13.0. The Hall–Kier alpha value is -3.93. The van der Waals surface area contributed by atoms with E-state index in [-0.39, 0.29) is 31.1 Å². The van der Waals surface area contributed by atoms with Crippen molar-refractivity contribution >= 4 is 17.9 Å². The molecule has 0 aromatic carbocycles. The highest BCUT2D eigenvalue weighted by atomic mass is 16.6. The summed E-state index contributed by atoms with van der Waals surface area (Å²) in [5, 5.41) is 0. The van der Waals surface area contributed by atoms with Crippen molar-refractivity contribution in [2.45, 2.75) is 329 Å². The summed E-state index contributed by atoms with van der Waals surface area (Å²) in [5.74, 6) is -0.904. The van der Waals surface area contributed by atoms with Gasteiger partial charge in [-0.2, -0.15) is 0 Å². The van der Waals surface area contributed by atoms with Gasteiger partial charge in [-0.1, -0.05) is 284 Å². The van der Waals surface area contributed by atoms with Crippen molar-refractivity contribution < 1.29 is 28.6 Å². The number of carbonyl (C=O) groups is 3. The van der Waals surface area contributed by atoms with Crippen LogP contribution >= 0.6 is 0 Å². The summed E-state index contributed by atoms with van der Waals surface area (Å²) >= 11 is 0. The van der Waals surface area contributed by atoms with E-state index in [2.05, 4.69) is 130 Å². The van der Waals surface area contributed by atoms with Gasteiger partial charge in [-0.25, -0.2) is 0 Å². The van der Waals surface area contributed by atoms with Crippen LogP contribution in [-0.4, -0.2) is 37.2 Å². The molecule has 1 unspecified atom stereocenters. The summed E-state index contributed by atoms with van der Waals surface area (Å²) < 4.78 is 17.0. The fourth-order valence-electron chi connectivity index (χ4n) is 9.41.